The van der Waals surface area contributed by atoms with E-state index in [1.54, 1.807) is 7.11 Å². The first-order chi connectivity index (χ1) is 12.2. The Balaban J connectivity index is 1.65. The largest absolute Gasteiger partial charge is 0.495 e. The summed E-state index contributed by atoms with van der Waals surface area (Å²) in [6.07, 6.45) is 4.85. The number of para-hydroxylation sites is 2. The number of carboxylic acid groups (broad SMARTS) is 1. The van der Waals surface area contributed by atoms with Crippen LogP contribution in [0.25, 0.3) is 0 Å². The van der Waals surface area contributed by atoms with Crippen LogP contribution in [-0.2, 0) is 4.79 Å². The lowest BCUT2D eigenvalue weighted by Crippen LogP contribution is -2.46. The van der Waals surface area contributed by atoms with Gasteiger partial charge in [0.15, 0.2) is 0 Å². The van der Waals surface area contributed by atoms with Crippen molar-refractivity contribution in [2.75, 3.05) is 44.7 Å². The fraction of sp³-hybridized carbons (Fsp3) is 0.650. The Morgan fingerprint density at radius 3 is 2.52 bits per heavy atom. The first kappa shape index (κ1) is 19.6. The highest BCUT2D eigenvalue weighted by Crippen LogP contribution is 2.28. The van der Waals surface area contributed by atoms with Gasteiger partial charge in [0.1, 0.15) is 5.75 Å². The third kappa shape index (κ3) is 5.92. The van der Waals surface area contributed by atoms with Crippen LogP contribution in [-0.4, -0.2) is 55.8 Å². The highest BCUT2D eigenvalue weighted by Gasteiger charge is 2.19. The van der Waals surface area contributed by atoms with Crippen molar-refractivity contribution in [3.05, 3.63) is 24.3 Å². The second kappa shape index (κ2) is 10.3. The molecule has 2 rings (SSSR count). The molecule has 5 heteroatoms. The SMILES string of the molecule is CCC(CCCCCN1CCN(c2ccccc2OC)CC1)C(=O)O. The zero-order valence-corrected chi connectivity index (χ0v) is 15.6. The number of aliphatic carboxylic acids is 1. The summed E-state index contributed by atoms with van der Waals surface area (Å²) in [5.41, 5.74) is 1.18. The van der Waals surface area contributed by atoms with Crippen molar-refractivity contribution < 1.29 is 14.6 Å². The Hall–Kier alpha value is -1.75. The molecule has 1 heterocycles. The number of nitrogens with zero attached hydrogens (tertiary/aromatic N) is 2. The predicted octanol–water partition coefficient (Wildman–Crippen LogP) is 3.49. The highest BCUT2D eigenvalue weighted by atomic mass is 16.5. The van der Waals surface area contributed by atoms with Crippen molar-refractivity contribution in [1.82, 2.24) is 4.90 Å². The second-order valence-corrected chi connectivity index (χ2v) is 6.79. The minimum absolute atomic E-state index is 0.163. The van der Waals surface area contributed by atoms with E-state index in [-0.39, 0.29) is 5.92 Å². The minimum Gasteiger partial charge on any atom is -0.495 e. The van der Waals surface area contributed by atoms with E-state index in [1.165, 1.54) is 5.69 Å². The maximum Gasteiger partial charge on any atom is 0.306 e. The van der Waals surface area contributed by atoms with E-state index in [0.29, 0.717) is 0 Å². The molecule has 1 aliphatic rings. The Morgan fingerprint density at radius 1 is 1.16 bits per heavy atom. The normalized spacial score (nSPS) is 16.6. The maximum absolute atomic E-state index is 11.0. The number of carbonyl (C=O) groups is 1. The molecule has 5 nitrogen and oxygen atoms in total. The lowest BCUT2D eigenvalue weighted by atomic mass is 9.99. The summed E-state index contributed by atoms with van der Waals surface area (Å²) in [7, 11) is 1.72. The van der Waals surface area contributed by atoms with Gasteiger partial charge >= 0.3 is 5.97 Å². The standard InChI is InChI=1S/C20H32N2O3/c1-3-17(20(23)24)9-5-4-8-12-21-13-15-22(16-14-21)18-10-6-7-11-19(18)25-2/h6-7,10-11,17H,3-5,8-9,12-16H2,1-2H3,(H,23,24). The molecule has 1 aromatic rings. The number of carboxylic acids is 1. The number of piperazine rings is 1. The maximum atomic E-state index is 11.0. The van der Waals surface area contributed by atoms with Crippen LogP contribution in [0.15, 0.2) is 24.3 Å². The topological polar surface area (TPSA) is 53.0 Å². The Bertz CT molecular complexity index is 527. The van der Waals surface area contributed by atoms with E-state index < -0.39 is 5.97 Å². The zero-order valence-electron chi connectivity index (χ0n) is 15.6. The number of ether oxygens (including phenoxy) is 1. The van der Waals surface area contributed by atoms with Gasteiger partial charge in [0.2, 0.25) is 0 Å². The van der Waals surface area contributed by atoms with Gasteiger partial charge in [-0.1, -0.05) is 31.9 Å². The van der Waals surface area contributed by atoms with Gasteiger partial charge in [0.05, 0.1) is 18.7 Å². The Labute approximate surface area is 151 Å². The molecule has 0 aromatic heterocycles. The number of hydrogen-bond donors (Lipinski definition) is 1. The average molecular weight is 348 g/mol. The van der Waals surface area contributed by atoms with Gasteiger partial charge in [-0.3, -0.25) is 9.69 Å². The number of rotatable bonds is 10. The smallest absolute Gasteiger partial charge is 0.306 e. The molecule has 0 aliphatic carbocycles. The summed E-state index contributed by atoms with van der Waals surface area (Å²) in [5.74, 6) is 0.138. The van der Waals surface area contributed by atoms with Crippen molar-refractivity contribution in [3.63, 3.8) is 0 Å². The van der Waals surface area contributed by atoms with Crippen molar-refractivity contribution in [1.29, 1.82) is 0 Å². The monoisotopic (exact) mass is 348 g/mol. The summed E-state index contributed by atoms with van der Waals surface area (Å²) in [4.78, 5) is 15.9. The molecule has 1 aromatic carbocycles. The summed E-state index contributed by atoms with van der Waals surface area (Å²) < 4.78 is 5.47. The quantitative estimate of drug-likeness (QED) is 0.656. The lowest BCUT2D eigenvalue weighted by Gasteiger charge is -2.36. The van der Waals surface area contributed by atoms with Gasteiger partial charge in [-0.05, 0) is 37.9 Å². The van der Waals surface area contributed by atoms with E-state index in [4.69, 9.17) is 9.84 Å². The number of anilines is 1. The van der Waals surface area contributed by atoms with E-state index in [2.05, 4.69) is 21.9 Å². The third-order valence-corrected chi connectivity index (χ3v) is 5.17. The van der Waals surface area contributed by atoms with Crippen LogP contribution in [0.4, 0.5) is 5.69 Å². The molecule has 0 amide bonds. The van der Waals surface area contributed by atoms with Crippen molar-refractivity contribution in [3.8, 4) is 5.75 Å². The molecule has 0 saturated carbocycles. The van der Waals surface area contributed by atoms with Gasteiger partial charge in [-0.15, -0.1) is 0 Å². The van der Waals surface area contributed by atoms with E-state index >= 15 is 0 Å². The van der Waals surface area contributed by atoms with E-state index in [0.717, 1.165) is 70.6 Å². The fourth-order valence-electron chi connectivity index (χ4n) is 3.51. The van der Waals surface area contributed by atoms with Gasteiger partial charge in [0.25, 0.3) is 0 Å². The summed E-state index contributed by atoms with van der Waals surface area (Å²) in [6, 6.07) is 8.21. The molecule has 25 heavy (non-hydrogen) atoms. The van der Waals surface area contributed by atoms with Gasteiger partial charge < -0.3 is 14.7 Å². The number of benzene rings is 1. The lowest BCUT2D eigenvalue weighted by molar-refractivity contribution is -0.142. The molecule has 0 radical (unpaired) electrons. The molecule has 1 saturated heterocycles. The molecule has 1 N–H and O–H groups in total. The number of hydrogen-bond acceptors (Lipinski definition) is 4. The molecule has 0 spiro atoms. The van der Waals surface area contributed by atoms with Gasteiger partial charge in [-0.25, -0.2) is 0 Å². The van der Waals surface area contributed by atoms with E-state index in [9.17, 15) is 4.79 Å². The molecular formula is C20H32N2O3. The summed E-state index contributed by atoms with van der Waals surface area (Å²) in [6.45, 7) is 7.27. The van der Waals surface area contributed by atoms with E-state index in [1.807, 2.05) is 19.1 Å². The molecule has 1 unspecified atom stereocenters. The van der Waals surface area contributed by atoms with Crippen LogP contribution >= 0.6 is 0 Å². The van der Waals surface area contributed by atoms with Gasteiger partial charge in [0, 0.05) is 26.2 Å². The number of methoxy groups -OCH3 is 1. The van der Waals surface area contributed by atoms with Crippen LogP contribution in [0.1, 0.15) is 39.0 Å². The Morgan fingerprint density at radius 2 is 1.88 bits per heavy atom. The molecule has 1 aliphatic heterocycles. The first-order valence-electron chi connectivity index (χ1n) is 9.48. The van der Waals surface area contributed by atoms with Crippen LogP contribution in [0.5, 0.6) is 5.75 Å². The predicted molar refractivity (Wildman–Crippen MR) is 102 cm³/mol. The molecule has 140 valence electrons. The van der Waals surface area contributed by atoms with Crippen molar-refractivity contribution in [2.24, 2.45) is 5.92 Å². The van der Waals surface area contributed by atoms with Crippen LogP contribution < -0.4 is 9.64 Å². The third-order valence-electron chi connectivity index (χ3n) is 5.17. The first-order valence-corrected chi connectivity index (χ1v) is 9.48. The molecular weight excluding hydrogens is 316 g/mol. The van der Waals surface area contributed by atoms with Crippen LogP contribution in [0.2, 0.25) is 0 Å². The van der Waals surface area contributed by atoms with Gasteiger partial charge in [-0.2, -0.15) is 0 Å². The zero-order chi connectivity index (χ0) is 18.1. The minimum atomic E-state index is -0.644. The number of unbranched alkanes of at least 4 members (excludes halogenated alkanes) is 2. The molecule has 1 fully saturated rings. The van der Waals surface area contributed by atoms with Crippen molar-refractivity contribution in [2.45, 2.75) is 39.0 Å². The fourth-order valence-corrected chi connectivity index (χ4v) is 3.51. The summed E-state index contributed by atoms with van der Waals surface area (Å²) >= 11 is 0. The van der Waals surface area contributed by atoms with Crippen LogP contribution in [0.3, 0.4) is 0 Å². The van der Waals surface area contributed by atoms with Crippen molar-refractivity contribution >= 4 is 11.7 Å². The molecule has 0 bridgehead atoms. The highest BCUT2D eigenvalue weighted by molar-refractivity contribution is 5.69. The second-order valence-electron chi connectivity index (χ2n) is 6.79. The summed E-state index contributed by atoms with van der Waals surface area (Å²) in [5, 5.41) is 9.07. The average Bonchev–Trinajstić information content (AvgIpc) is 2.65. The Kier molecular flexibility index (Phi) is 8.06. The van der Waals surface area contributed by atoms with Crippen LogP contribution in [0, 0.1) is 5.92 Å². The molecule has 1 atom stereocenters.